The summed E-state index contributed by atoms with van der Waals surface area (Å²) in [6.07, 6.45) is 6.20. The topological polar surface area (TPSA) is 69.4 Å². The van der Waals surface area contributed by atoms with Gasteiger partial charge >= 0.3 is 0 Å². The number of nitrogens with one attached hydrogen (secondary N) is 2. The van der Waals surface area contributed by atoms with Gasteiger partial charge in [-0.05, 0) is 44.4 Å². The van der Waals surface area contributed by atoms with Crippen LogP contribution in [0.2, 0.25) is 5.02 Å². The Bertz CT molecular complexity index is 919. The van der Waals surface area contributed by atoms with Crippen molar-refractivity contribution in [3.63, 3.8) is 0 Å². The fourth-order valence-corrected chi connectivity index (χ4v) is 6.32. The summed E-state index contributed by atoms with van der Waals surface area (Å²) < 4.78 is 0. The number of nitrogens with two attached hydrogens (primary N) is 1. The number of H-pyrrole nitrogens is 1. The molecule has 0 amide bonds. The van der Waals surface area contributed by atoms with E-state index in [1.807, 2.05) is 23.9 Å². The van der Waals surface area contributed by atoms with Gasteiger partial charge in [-0.1, -0.05) is 24.4 Å². The van der Waals surface area contributed by atoms with Crippen LogP contribution in [0.1, 0.15) is 44.7 Å². The van der Waals surface area contributed by atoms with Gasteiger partial charge in [0.1, 0.15) is 5.04 Å². The van der Waals surface area contributed by atoms with Crippen LogP contribution in [0.15, 0.2) is 23.2 Å². The minimum absolute atomic E-state index is 0.319. The number of thioether (sulfide) groups is 1. The van der Waals surface area contributed by atoms with Gasteiger partial charge in [0, 0.05) is 47.4 Å². The van der Waals surface area contributed by atoms with E-state index in [0.717, 1.165) is 57.6 Å². The molecule has 0 bridgehead atoms. The van der Waals surface area contributed by atoms with Crippen LogP contribution in [-0.2, 0) is 0 Å². The van der Waals surface area contributed by atoms with Gasteiger partial charge in [-0.25, -0.2) is 0 Å². The van der Waals surface area contributed by atoms with Gasteiger partial charge in [0.2, 0.25) is 0 Å². The Morgan fingerprint density at radius 3 is 2.86 bits per heavy atom. The van der Waals surface area contributed by atoms with Gasteiger partial charge in [0.25, 0.3) is 0 Å². The van der Waals surface area contributed by atoms with E-state index < -0.39 is 0 Å². The molecule has 2 aromatic rings. The lowest BCUT2D eigenvalue weighted by Crippen LogP contribution is -2.40. The molecule has 1 saturated heterocycles. The van der Waals surface area contributed by atoms with Crippen molar-refractivity contribution in [2.24, 2.45) is 10.7 Å². The van der Waals surface area contributed by atoms with Gasteiger partial charge in [-0.2, -0.15) is 0 Å². The number of nitrogens with zero attached hydrogens (tertiary/aromatic N) is 2. The van der Waals surface area contributed by atoms with Crippen LogP contribution >= 0.6 is 23.4 Å². The Hall–Kier alpha value is -1.21. The number of benzene rings is 1. The summed E-state index contributed by atoms with van der Waals surface area (Å²) in [5.41, 5.74) is 9.47. The molecule has 2 fully saturated rings. The van der Waals surface area contributed by atoms with Crippen molar-refractivity contribution in [2.45, 2.75) is 63.2 Å². The van der Waals surface area contributed by atoms with E-state index in [4.69, 9.17) is 22.3 Å². The van der Waals surface area contributed by atoms with Crippen LogP contribution in [0.25, 0.3) is 10.9 Å². The first kappa shape index (κ1) is 19.7. The summed E-state index contributed by atoms with van der Waals surface area (Å²) in [4.78, 5) is 11.2. The largest absolute Gasteiger partial charge is 0.381 e. The van der Waals surface area contributed by atoms with E-state index in [0.29, 0.717) is 24.2 Å². The lowest BCUT2D eigenvalue weighted by atomic mass is 10.1. The Morgan fingerprint density at radius 2 is 2.10 bits per heavy atom. The number of anilines is 1. The zero-order valence-corrected chi connectivity index (χ0v) is 18.5. The highest BCUT2D eigenvalue weighted by Crippen LogP contribution is 2.34. The molecule has 5 rings (SSSR count). The second-order valence-corrected chi connectivity index (χ2v) is 10.3. The van der Waals surface area contributed by atoms with Crippen LogP contribution < -0.4 is 11.1 Å². The number of aromatic nitrogens is 1. The number of aliphatic imine (C=N–C) groups is 1. The minimum atomic E-state index is 0.319. The Labute approximate surface area is 181 Å². The maximum absolute atomic E-state index is 6.42. The number of hydrogen-bond acceptors (Lipinski definition) is 5. The molecule has 29 heavy (non-hydrogen) atoms. The molecule has 0 radical (unpaired) electrons. The fourth-order valence-electron chi connectivity index (χ4n) is 4.94. The molecule has 1 saturated carbocycles. The number of fused-ring (bicyclic) bond motifs is 1. The van der Waals surface area contributed by atoms with E-state index >= 15 is 0 Å². The van der Waals surface area contributed by atoms with Crippen molar-refractivity contribution in [2.75, 3.05) is 24.2 Å². The van der Waals surface area contributed by atoms with Crippen molar-refractivity contribution in [3.8, 4) is 0 Å². The van der Waals surface area contributed by atoms with Crippen LogP contribution in [0, 0.1) is 0 Å². The number of halogens is 1. The lowest BCUT2D eigenvalue weighted by Gasteiger charge is -2.27. The molecule has 3 heterocycles. The van der Waals surface area contributed by atoms with Crippen molar-refractivity contribution in [1.82, 2.24) is 9.88 Å². The lowest BCUT2D eigenvalue weighted by molar-refractivity contribution is 0.234. The molecule has 3 atom stereocenters. The maximum atomic E-state index is 6.42. The summed E-state index contributed by atoms with van der Waals surface area (Å²) in [5, 5.41) is 6.76. The summed E-state index contributed by atoms with van der Waals surface area (Å²) in [7, 11) is 0. The van der Waals surface area contributed by atoms with Crippen LogP contribution in [0.5, 0.6) is 0 Å². The standard InChI is InChI=1S/C22H30ClN5S/c1-13(28-7-6-16(24)11-28)20-12-29-22(27-20)19-9-14-8-15(23)10-18(21(14)26-19)25-17-4-2-3-5-17/h8-10,13,16-17,20,25-26H,2-7,11-12,24H2,1H3/t13-,16?,20+/m1/s1. The van der Waals surface area contributed by atoms with E-state index in [1.54, 1.807) is 0 Å². The monoisotopic (exact) mass is 431 g/mol. The highest BCUT2D eigenvalue weighted by Gasteiger charge is 2.32. The fraction of sp³-hybridized carbons (Fsp3) is 0.591. The molecule has 1 aliphatic carbocycles. The van der Waals surface area contributed by atoms with Crippen molar-refractivity contribution < 1.29 is 0 Å². The second-order valence-electron chi connectivity index (χ2n) is 8.82. The SMILES string of the molecule is C[C@H]([C@@H]1CSC(c2cc3cc(Cl)cc(NC4CCCC4)c3[nH]2)=N1)N1CCC(N)C1. The Balaban J connectivity index is 1.39. The number of likely N-dealkylation sites (tertiary alicyclic amines) is 1. The molecular formula is C22H30ClN5S. The summed E-state index contributed by atoms with van der Waals surface area (Å²) in [6, 6.07) is 7.93. The highest BCUT2D eigenvalue weighted by molar-refractivity contribution is 8.14. The van der Waals surface area contributed by atoms with Gasteiger partial charge in [0.05, 0.1) is 22.9 Å². The predicted molar refractivity (Wildman–Crippen MR) is 126 cm³/mol. The van der Waals surface area contributed by atoms with Crippen LogP contribution in [0.3, 0.4) is 0 Å². The average molecular weight is 432 g/mol. The Morgan fingerprint density at radius 1 is 1.28 bits per heavy atom. The molecule has 7 heteroatoms. The minimum Gasteiger partial charge on any atom is -0.381 e. The van der Waals surface area contributed by atoms with E-state index in [-0.39, 0.29) is 0 Å². The van der Waals surface area contributed by atoms with Crippen molar-refractivity contribution in [1.29, 1.82) is 0 Å². The quantitative estimate of drug-likeness (QED) is 0.653. The number of hydrogen-bond donors (Lipinski definition) is 3. The van der Waals surface area contributed by atoms with Gasteiger partial charge in [-0.3, -0.25) is 9.89 Å². The average Bonchev–Trinajstić information content (AvgIpc) is 3.47. The third-order valence-electron chi connectivity index (χ3n) is 6.70. The molecule has 156 valence electrons. The van der Waals surface area contributed by atoms with Crippen molar-refractivity contribution in [3.05, 3.63) is 28.9 Å². The van der Waals surface area contributed by atoms with E-state index in [9.17, 15) is 0 Å². The first-order valence-corrected chi connectivity index (χ1v) is 12.2. The van der Waals surface area contributed by atoms with E-state index in [1.165, 1.54) is 25.7 Å². The second kappa shape index (κ2) is 8.14. The summed E-state index contributed by atoms with van der Waals surface area (Å²) >= 11 is 8.28. The molecule has 1 aromatic heterocycles. The van der Waals surface area contributed by atoms with E-state index in [2.05, 4.69) is 28.2 Å². The Kier molecular flexibility index (Phi) is 5.54. The number of aromatic amines is 1. The van der Waals surface area contributed by atoms with Gasteiger partial charge in [-0.15, -0.1) is 11.8 Å². The van der Waals surface area contributed by atoms with Crippen LogP contribution in [-0.4, -0.2) is 57.9 Å². The summed E-state index contributed by atoms with van der Waals surface area (Å²) in [5.74, 6) is 1.03. The molecule has 5 nitrogen and oxygen atoms in total. The molecule has 2 aliphatic heterocycles. The molecular weight excluding hydrogens is 402 g/mol. The van der Waals surface area contributed by atoms with Crippen molar-refractivity contribution >= 4 is 45.0 Å². The summed E-state index contributed by atoms with van der Waals surface area (Å²) in [6.45, 7) is 4.38. The first-order valence-electron chi connectivity index (χ1n) is 10.9. The van der Waals surface area contributed by atoms with Gasteiger partial charge in [0.15, 0.2) is 0 Å². The first-order chi connectivity index (χ1) is 14.1. The molecule has 4 N–H and O–H groups in total. The smallest absolute Gasteiger partial charge is 0.114 e. The molecule has 0 spiro atoms. The normalized spacial score (nSPS) is 27.1. The zero-order chi connectivity index (χ0) is 20.0. The predicted octanol–water partition coefficient (Wildman–Crippen LogP) is 4.46. The number of rotatable bonds is 5. The molecule has 1 unspecified atom stereocenters. The third-order valence-corrected chi connectivity index (χ3v) is 8.03. The maximum Gasteiger partial charge on any atom is 0.114 e. The molecule has 1 aromatic carbocycles. The molecule has 3 aliphatic rings. The van der Waals surface area contributed by atoms with Gasteiger partial charge < -0.3 is 16.0 Å². The van der Waals surface area contributed by atoms with Crippen LogP contribution in [0.4, 0.5) is 5.69 Å². The zero-order valence-electron chi connectivity index (χ0n) is 17.0. The highest BCUT2D eigenvalue weighted by atomic mass is 35.5. The third kappa shape index (κ3) is 4.05.